The van der Waals surface area contributed by atoms with E-state index in [2.05, 4.69) is 35.9 Å². The smallest absolute Gasteiger partial charge is 0.261 e. The number of halogens is 2. The normalized spacial score (nSPS) is 13.7. The molecule has 0 bridgehead atoms. The lowest BCUT2D eigenvalue weighted by Gasteiger charge is -2.11. The molecule has 0 saturated heterocycles. The highest BCUT2D eigenvalue weighted by molar-refractivity contribution is 6.36. The number of guanidine groups is 2. The zero-order chi connectivity index (χ0) is 29.3. The molecule has 1 aliphatic rings. The lowest BCUT2D eigenvalue weighted by atomic mass is 10.1. The Kier molecular flexibility index (Phi) is 7.51. The quantitative estimate of drug-likeness (QED) is 0.111. The van der Waals surface area contributed by atoms with Crippen LogP contribution in [0.5, 0.6) is 0 Å². The Bertz CT molecular complexity index is 1880. The highest BCUT2D eigenvalue weighted by Crippen LogP contribution is 2.29. The van der Waals surface area contributed by atoms with Crippen molar-refractivity contribution in [3.63, 3.8) is 0 Å². The van der Waals surface area contributed by atoms with Crippen LogP contribution in [0.1, 0.15) is 24.7 Å². The van der Waals surface area contributed by atoms with Gasteiger partial charge in [0.1, 0.15) is 5.82 Å². The molecule has 4 aromatic rings. The summed E-state index contributed by atoms with van der Waals surface area (Å²) < 4.78 is 0. The molecule has 0 atom stereocenters. The van der Waals surface area contributed by atoms with E-state index in [0.29, 0.717) is 78.4 Å². The number of hydrogen-bond donors (Lipinski definition) is 9. The van der Waals surface area contributed by atoms with Gasteiger partial charge in [-0.3, -0.25) is 15.6 Å². The number of allylic oxidation sites excluding steroid dienone is 6. The van der Waals surface area contributed by atoms with Gasteiger partial charge in [-0.15, -0.1) is 0 Å². The Labute approximate surface area is 243 Å². The van der Waals surface area contributed by atoms with E-state index in [9.17, 15) is 4.79 Å². The van der Waals surface area contributed by atoms with E-state index < -0.39 is 0 Å². The molecule has 0 amide bonds. The summed E-state index contributed by atoms with van der Waals surface area (Å²) in [5.41, 5.74) is 15.1. The molecule has 0 unspecified atom stereocenters. The van der Waals surface area contributed by atoms with E-state index in [1.165, 1.54) is 0 Å². The molecule has 0 spiro atoms. The summed E-state index contributed by atoms with van der Waals surface area (Å²) in [5, 5.41) is 25.0. The van der Waals surface area contributed by atoms with Crippen LogP contribution in [0.3, 0.4) is 0 Å². The summed E-state index contributed by atoms with van der Waals surface area (Å²) in [4.78, 5) is 28.6. The maximum absolute atomic E-state index is 13.3. The van der Waals surface area contributed by atoms with Crippen molar-refractivity contribution in [2.24, 2.45) is 11.5 Å². The molecule has 0 saturated carbocycles. The minimum Gasteiger partial charge on any atom is -0.370 e. The van der Waals surface area contributed by atoms with Gasteiger partial charge in [-0.2, -0.15) is 0 Å². The van der Waals surface area contributed by atoms with Crippen LogP contribution in [0, 0.1) is 10.8 Å². The molecule has 2 heterocycles. The van der Waals surface area contributed by atoms with Gasteiger partial charge in [0.25, 0.3) is 5.56 Å². The maximum Gasteiger partial charge on any atom is 0.261 e. The lowest BCUT2D eigenvalue weighted by molar-refractivity contribution is 1.12. The number of fused-ring (bicyclic) bond motifs is 3. The number of hydrogen-bond acceptors (Lipinski definition) is 6. The minimum absolute atomic E-state index is 0.244. The van der Waals surface area contributed by atoms with Gasteiger partial charge >= 0.3 is 0 Å². The minimum atomic E-state index is -0.349. The average Bonchev–Trinajstić information content (AvgIpc) is 3.24. The number of nitrogens with zero attached hydrogens (tertiary/aromatic N) is 2. The first-order valence-corrected chi connectivity index (χ1v) is 13.0. The molecular weight excluding hydrogens is 565 g/mol. The van der Waals surface area contributed by atoms with E-state index in [1.54, 1.807) is 49.4 Å². The van der Waals surface area contributed by atoms with Crippen molar-refractivity contribution in [3.8, 4) is 0 Å². The number of rotatable bonds is 6. The summed E-state index contributed by atoms with van der Waals surface area (Å²) in [6.45, 7) is 1.81. The summed E-state index contributed by atoms with van der Waals surface area (Å²) >= 11 is 12.8. The number of aromatic nitrogens is 4. The summed E-state index contributed by atoms with van der Waals surface area (Å²) in [5.74, 6) is 0.255. The third kappa shape index (κ3) is 6.08. The number of nitrogens with two attached hydrogens (primary N) is 2. The number of benzene rings is 2. The maximum atomic E-state index is 13.3. The number of H-pyrrole nitrogens is 2. The van der Waals surface area contributed by atoms with E-state index >= 15 is 0 Å². The van der Waals surface area contributed by atoms with E-state index in [0.717, 1.165) is 0 Å². The predicted molar refractivity (Wildman–Crippen MR) is 167 cm³/mol. The molecule has 0 fully saturated rings. The monoisotopic (exact) mass is 589 g/mol. The van der Waals surface area contributed by atoms with Gasteiger partial charge in [0.05, 0.1) is 32.7 Å². The fourth-order valence-electron chi connectivity index (χ4n) is 4.35. The van der Waals surface area contributed by atoms with Crippen LogP contribution in [0.15, 0.2) is 69.1 Å². The van der Waals surface area contributed by atoms with Gasteiger partial charge in [-0.05, 0) is 60.5 Å². The summed E-state index contributed by atoms with van der Waals surface area (Å²) in [6.07, 6.45) is 7.78. The zero-order valence-corrected chi connectivity index (χ0v) is 23.1. The highest BCUT2D eigenvalue weighted by atomic mass is 35.5. The van der Waals surface area contributed by atoms with Crippen LogP contribution in [0.4, 0.5) is 17.3 Å². The van der Waals surface area contributed by atoms with Crippen molar-refractivity contribution >= 4 is 86.0 Å². The van der Waals surface area contributed by atoms with Crippen molar-refractivity contribution in [1.29, 1.82) is 10.8 Å². The van der Waals surface area contributed by atoms with Crippen molar-refractivity contribution < 1.29 is 0 Å². The summed E-state index contributed by atoms with van der Waals surface area (Å²) in [7, 11) is 0. The van der Waals surface area contributed by atoms with Crippen LogP contribution >= 0.6 is 23.2 Å². The van der Waals surface area contributed by atoms with Crippen molar-refractivity contribution in [3.05, 3.63) is 86.1 Å². The molecule has 11 N–H and O–H groups in total. The molecule has 0 aliphatic heterocycles. The van der Waals surface area contributed by atoms with Gasteiger partial charge in [0, 0.05) is 22.8 Å². The van der Waals surface area contributed by atoms with Crippen LogP contribution in [0.2, 0.25) is 0 Å². The average molecular weight is 590 g/mol. The largest absolute Gasteiger partial charge is 0.370 e. The molecule has 12 nitrogen and oxygen atoms in total. The number of anilines is 3. The standard InChI is InChI=1S/C27H25Cl2N11O/c1-12(8-13-9-14(34-25(30)31)11-15(10-13)35-26(32)33)23-36-18-6-7-19-22(20(18)24(41)40-23)39-27(37-19)38-21-16(28)4-2-3-5-17(21)29/h2-4,6-11H,5H2,1H3,(H4,30,31,34)(H4,32,33,35)(H,36,40,41)(H2,37,38,39)/b12-8+. The fourth-order valence-corrected chi connectivity index (χ4v) is 4.87. The molecule has 0 radical (unpaired) electrons. The van der Waals surface area contributed by atoms with E-state index in [-0.39, 0.29) is 17.5 Å². The second-order valence-corrected chi connectivity index (χ2v) is 10.0. The van der Waals surface area contributed by atoms with Gasteiger partial charge < -0.3 is 37.4 Å². The molecule has 2 aromatic carbocycles. The van der Waals surface area contributed by atoms with Crippen LogP contribution < -0.4 is 33.0 Å². The number of nitrogens with one attached hydrogen (secondary N) is 7. The Morgan fingerprint density at radius 3 is 2.39 bits per heavy atom. The topological polar surface area (TPSA) is 210 Å². The van der Waals surface area contributed by atoms with Crippen molar-refractivity contribution in [2.75, 3.05) is 16.0 Å². The van der Waals surface area contributed by atoms with Gasteiger partial charge in [-0.1, -0.05) is 35.4 Å². The Morgan fingerprint density at radius 1 is 1.02 bits per heavy atom. The Balaban J connectivity index is 1.52. The van der Waals surface area contributed by atoms with Gasteiger partial charge in [-0.25, -0.2) is 9.97 Å². The zero-order valence-electron chi connectivity index (χ0n) is 21.6. The molecule has 41 heavy (non-hydrogen) atoms. The SMILES string of the molecule is C/C(=C\c1cc(NC(=N)N)cc(NC(=N)N)c1)c1nc2ccc3nc(NC4=C(Cl)CC=CC=C4Cl)[nH]c3c2c(=O)[nH]1. The first-order chi connectivity index (χ1) is 19.6. The van der Waals surface area contributed by atoms with Crippen LogP contribution in [-0.2, 0) is 0 Å². The first kappa shape index (κ1) is 27.5. The van der Waals surface area contributed by atoms with Crippen LogP contribution in [0.25, 0.3) is 33.6 Å². The lowest BCUT2D eigenvalue weighted by Crippen LogP contribution is -2.22. The molecular formula is C27H25Cl2N11O. The molecule has 208 valence electrons. The number of aromatic amines is 2. The number of imidazole rings is 1. The van der Waals surface area contributed by atoms with E-state index in [1.807, 2.05) is 12.2 Å². The van der Waals surface area contributed by atoms with E-state index in [4.69, 9.17) is 45.5 Å². The third-order valence-electron chi connectivity index (χ3n) is 6.03. The third-order valence-corrected chi connectivity index (χ3v) is 6.69. The van der Waals surface area contributed by atoms with Crippen molar-refractivity contribution in [2.45, 2.75) is 13.3 Å². The molecule has 2 aromatic heterocycles. The van der Waals surface area contributed by atoms with Crippen LogP contribution in [-0.4, -0.2) is 31.9 Å². The second-order valence-electron chi connectivity index (χ2n) is 9.15. The molecule has 5 rings (SSSR count). The van der Waals surface area contributed by atoms with Gasteiger partial charge in [0.2, 0.25) is 5.95 Å². The Hall–Kier alpha value is -5.07. The molecule has 14 heteroatoms. The fraction of sp³-hybridized carbons (Fsp3) is 0.0741. The second kappa shape index (κ2) is 11.2. The first-order valence-electron chi connectivity index (χ1n) is 12.2. The van der Waals surface area contributed by atoms with Gasteiger partial charge in [0.15, 0.2) is 11.9 Å². The summed E-state index contributed by atoms with van der Waals surface area (Å²) in [6, 6.07) is 8.67. The predicted octanol–water partition coefficient (Wildman–Crippen LogP) is 4.92. The van der Waals surface area contributed by atoms with Crippen molar-refractivity contribution in [1.82, 2.24) is 19.9 Å². The molecule has 1 aliphatic carbocycles. The highest BCUT2D eigenvalue weighted by Gasteiger charge is 2.16. The Morgan fingerprint density at radius 2 is 1.71 bits per heavy atom.